The number of amides is 1. The highest BCUT2D eigenvalue weighted by atomic mass is 16.5. The molecule has 7 heteroatoms. The summed E-state index contributed by atoms with van der Waals surface area (Å²) in [6.07, 6.45) is 2.83. The van der Waals surface area contributed by atoms with Gasteiger partial charge in [0.1, 0.15) is 6.17 Å². The number of methoxy groups -OCH3 is 1. The maximum atomic E-state index is 12.1. The van der Waals surface area contributed by atoms with Gasteiger partial charge in [0, 0.05) is 43.2 Å². The van der Waals surface area contributed by atoms with Gasteiger partial charge in [-0.3, -0.25) is 9.69 Å². The third-order valence-electron chi connectivity index (χ3n) is 5.81. The zero-order valence-corrected chi connectivity index (χ0v) is 17.7. The molecule has 0 aliphatic carbocycles. The fourth-order valence-electron chi connectivity index (χ4n) is 4.11. The molecule has 0 radical (unpaired) electrons. The summed E-state index contributed by atoms with van der Waals surface area (Å²) in [4.78, 5) is 14.6. The molecule has 0 saturated carbocycles. The van der Waals surface area contributed by atoms with Gasteiger partial charge in [-0.05, 0) is 68.8 Å². The van der Waals surface area contributed by atoms with E-state index in [4.69, 9.17) is 4.74 Å². The zero-order valence-electron chi connectivity index (χ0n) is 17.7. The Bertz CT molecular complexity index is 870. The molecule has 1 amide bonds. The maximum absolute atomic E-state index is 12.1. The summed E-state index contributed by atoms with van der Waals surface area (Å²) in [5, 5.41) is 13.4. The van der Waals surface area contributed by atoms with Crippen molar-refractivity contribution in [2.24, 2.45) is 0 Å². The first-order valence-corrected chi connectivity index (χ1v) is 10.7. The van der Waals surface area contributed by atoms with Crippen molar-refractivity contribution in [1.29, 1.82) is 0 Å². The van der Waals surface area contributed by atoms with Crippen LogP contribution in [-0.2, 0) is 4.74 Å². The van der Waals surface area contributed by atoms with Crippen molar-refractivity contribution in [3.8, 4) is 0 Å². The Kier molecular flexibility index (Phi) is 6.40. The van der Waals surface area contributed by atoms with Gasteiger partial charge in [-0.2, -0.15) is 0 Å². The first kappa shape index (κ1) is 20.5. The van der Waals surface area contributed by atoms with Crippen LogP contribution in [0.2, 0.25) is 0 Å². The van der Waals surface area contributed by atoms with Crippen molar-refractivity contribution in [3.05, 3.63) is 48.0 Å². The van der Waals surface area contributed by atoms with E-state index in [2.05, 4.69) is 51.3 Å². The number of anilines is 4. The molecule has 160 valence electrons. The summed E-state index contributed by atoms with van der Waals surface area (Å²) in [7, 11) is 1.62. The predicted octanol–water partition coefficient (Wildman–Crippen LogP) is 3.45. The molecule has 0 bridgehead atoms. The Morgan fingerprint density at radius 3 is 2.63 bits per heavy atom. The Morgan fingerprint density at radius 2 is 1.90 bits per heavy atom. The van der Waals surface area contributed by atoms with Gasteiger partial charge in [0.25, 0.3) is 5.91 Å². The molecule has 2 unspecified atom stereocenters. The number of likely N-dealkylation sites (tertiary alicyclic amines) is 1. The van der Waals surface area contributed by atoms with Gasteiger partial charge in [-0.25, -0.2) is 0 Å². The lowest BCUT2D eigenvalue weighted by molar-refractivity contribution is 0.0937. The van der Waals surface area contributed by atoms with E-state index in [0.29, 0.717) is 24.8 Å². The van der Waals surface area contributed by atoms with Gasteiger partial charge in [0.05, 0.1) is 18.0 Å². The monoisotopic (exact) mass is 409 g/mol. The second kappa shape index (κ2) is 9.36. The van der Waals surface area contributed by atoms with Gasteiger partial charge in [0.2, 0.25) is 0 Å². The summed E-state index contributed by atoms with van der Waals surface area (Å²) in [5.41, 5.74) is 4.84. The summed E-state index contributed by atoms with van der Waals surface area (Å²) in [5.74, 6) is -0.0928. The third-order valence-corrected chi connectivity index (χ3v) is 5.81. The molecule has 2 aromatic carbocycles. The number of rotatable bonds is 8. The molecule has 1 fully saturated rings. The van der Waals surface area contributed by atoms with Crippen LogP contribution in [0.25, 0.3) is 0 Å². The van der Waals surface area contributed by atoms with Gasteiger partial charge in [-0.1, -0.05) is 0 Å². The Morgan fingerprint density at radius 1 is 1.13 bits per heavy atom. The van der Waals surface area contributed by atoms with E-state index in [1.165, 1.54) is 19.4 Å². The van der Waals surface area contributed by atoms with Crippen LogP contribution in [0, 0.1) is 0 Å². The number of ether oxygens (including phenoxy) is 1. The van der Waals surface area contributed by atoms with Crippen molar-refractivity contribution < 1.29 is 9.53 Å². The molecule has 4 rings (SSSR count). The number of carbonyl (C=O) groups excluding carboxylic acids is 1. The second-order valence-corrected chi connectivity index (χ2v) is 8.04. The van der Waals surface area contributed by atoms with E-state index >= 15 is 0 Å². The second-order valence-electron chi connectivity index (χ2n) is 8.04. The predicted molar refractivity (Wildman–Crippen MR) is 122 cm³/mol. The van der Waals surface area contributed by atoms with E-state index in [1.54, 1.807) is 7.11 Å². The van der Waals surface area contributed by atoms with E-state index < -0.39 is 0 Å². The van der Waals surface area contributed by atoms with Crippen LogP contribution >= 0.6 is 0 Å². The molecule has 2 atom stereocenters. The maximum Gasteiger partial charge on any atom is 0.251 e. The van der Waals surface area contributed by atoms with Crippen LogP contribution in [0.15, 0.2) is 42.5 Å². The average Bonchev–Trinajstić information content (AvgIpc) is 3.34. The highest BCUT2D eigenvalue weighted by Crippen LogP contribution is 2.33. The fraction of sp³-hybridized carbons (Fsp3) is 0.435. The molecular formula is C23H31N5O2. The standard InChI is InChI=1S/C23H31N5O2/c1-16-4-3-12-28(16)15-22-26-20-10-9-19(14-21(20)27-22)25-18-7-5-17(6-8-18)23(29)24-11-13-30-2/h5-10,14,16,22,25-27H,3-4,11-13,15H2,1-2H3,(H,24,29). The summed E-state index contributed by atoms with van der Waals surface area (Å²) >= 11 is 0. The van der Waals surface area contributed by atoms with Crippen molar-refractivity contribution in [2.45, 2.75) is 32.0 Å². The molecule has 7 nitrogen and oxygen atoms in total. The number of hydrogen-bond acceptors (Lipinski definition) is 6. The van der Waals surface area contributed by atoms with Crippen molar-refractivity contribution in [3.63, 3.8) is 0 Å². The number of nitrogens with one attached hydrogen (secondary N) is 4. The van der Waals surface area contributed by atoms with Crippen LogP contribution in [0.5, 0.6) is 0 Å². The van der Waals surface area contributed by atoms with Gasteiger partial charge < -0.3 is 26.0 Å². The van der Waals surface area contributed by atoms with Crippen LogP contribution in [0.3, 0.4) is 0 Å². The van der Waals surface area contributed by atoms with Gasteiger partial charge in [-0.15, -0.1) is 0 Å². The summed E-state index contributed by atoms with van der Waals surface area (Å²) < 4.78 is 4.95. The van der Waals surface area contributed by atoms with Gasteiger partial charge >= 0.3 is 0 Å². The van der Waals surface area contributed by atoms with Crippen LogP contribution in [-0.4, -0.2) is 56.4 Å². The van der Waals surface area contributed by atoms with E-state index in [9.17, 15) is 4.79 Å². The third kappa shape index (κ3) is 4.86. The quantitative estimate of drug-likeness (QED) is 0.500. The topological polar surface area (TPSA) is 77.7 Å². The molecule has 4 N–H and O–H groups in total. The molecule has 2 heterocycles. The summed E-state index contributed by atoms with van der Waals surface area (Å²) in [6.45, 7) is 5.51. The SMILES string of the molecule is COCCNC(=O)c1ccc(Nc2ccc3c(c2)NC(CN2CCCC2C)N3)cc1. The van der Waals surface area contributed by atoms with E-state index in [0.717, 1.165) is 29.3 Å². The van der Waals surface area contributed by atoms with E-state index in [-0.39, 0.29) is 12.1 Å². The Balaban J connectivity index is 1.33. The first-order valence-electron chi connectivity index (χ1n) is 10.7. The Labute approximate surface area is 178 Å². The van der Waals surface area contributed by atoms with Crippen molar-refractivity contribution in [2.75, 3.05) is 49.3 Å². The minimum Gasteiger partial charge on any atom is -0.383 e. The normalized spacial score (nSPS) is 20.3. The van der Waals surface area contributed by atoms with Crippen molar-refractivity contribution >= 4 is 28.7 Å². The molecule has 1 saturated heterocycles. The molecular weight excluding hydrogens is 378 g/mol. The van der Waals surface area contributed by atoms with Crippen LogP contribution in [0.4, 0.5) is 22.7 Å². The number of benzene rings is 2. The highest BCUT2D eigenvalue weighted by Gasteiger charge is 2.26. The number of carbonyl (C=O) groups is 1. The van der Waals surface area contributed by atoms with Crippen molar-refractivity contribution in [1.82, 2.24) is 10.2 Å². The minimum absolute atomic E-state index is 0.0928. The van der Waals surface area contributed by atoms with Crippen LogP contribution < -0.4 is 21.3 Å². The average molecular weight is 410 g/mol. The Hall–Kier alpha value is -2.77. The number of fused-ring (bicyclic) bond motifs is 1. The molecule has 30 heavy (non-hydrogen) atoms. The molecule has 2 aliphatic heterocycles. The smallest absolute Gasteiger partial charge is 0.251 e. The molecule has 2 aromatic rings. The lowest BCUT2D eigenvalue weighted by atomic mass is 10.2. The molecule has 0 spiro atoms. The largest absolute Gasteiger partial charge is 0.383 e. The van der Waals surface area contributed by atoms with E-state index in [1.807, 2.05) is 24.3 Å². The molecule has 2 aliphatic rings. The zero-order chi connectivity index (χ0) is 20.9. The number of hydrogen-bond donors (Lipinski definition) is 4. The lowest BCUT2D eigenvalue weighted by Gasteiger charge is -2.25. The minimum atomic E-state index is -0.0928. The molecule has 0 aromatic heterocycles. The highest BCUT2D eigenvalue weighted by molar-refractivity contribution is 5.94. The van der Waals surface area contributed by atoms with Crippen LogP contribution in [0.1, 0.15) is 30.1 Å². The lowest BCUT2D eigenvalue weighted by Crippen LogP contribution is -2.40. The summed E-state index contributed by atoms with van der Waals surface area (Å²) in [6, 6.07) is 14.5. The number of nitrogens with zero attached hydrogens (tertiary/aromatic N) is 1. The first-order chi connectivity index (χ1) is 14.6. The van der Waals surface area contributed by atoms with Gasteiger partial charge in [0.15, 0.2) is 0 Å². The fourth-order valence-corrected chi connectivity index (χ4v) is 4.11.